The SMILES string of the molecule is O=C(OCC1CCn2c(nc3cc(Br)ccc3c2=O)C1)OCC1c2ccccc2-c2ccccc21. The van der Waals surface area contributed by atoms with E-state index < -0.39 is 6.16 Å². The quantitative estimate of drug-likeness (QED) is 0.317. The number of rotatable bonds is 4. The van der Waals surface area contributed by atoms with Crippen LogP contribution in [-0.4, -0.2) is 28.9 Å². The van der Waals surface area contributed by atoms with Crippen LogP contribution in [0.25, 0.3) is 22.0 Å². The Kier molecular flexibility index (Phi) is 5.65. The van der Waals surface area contributed by atoms with Crippen molar-refractivity contribution in [1.29, 1.82) is 0 Å². The van der Waals surface area contributed by atoms with Gasteiger partial charge >= 0.3 is 6.16 Å². The molecule has 1 aromatic heterocycles. The molecule has 1 unspecified atom stereocenters. The number of hydrogen-bond donors (Lipinski definition) is 0. The van der Waals surface area contributed by atoms with Gasteiger partial charge in [-0.15, -0.1) is 0 Å². The number of carbonyl (C=O) groups excluding carboxylic acids is 1. The summed E-state index contributed by atoms with van der Waals surface area (Å²) in [5.74, 6) is 0.820. The van der Waals surface area contributed by atoms with E-state index in [1.54, 1.807) is 10.6 Å². The average Bonchev–Trinajstić information content (AvgIpc) is 3.19. The van der Waals surface area contributed by atoms with Gasteiger partial charge in [-0.3, -0.25) is 9.36 Å². The number of carbonyl (C=O) groups is 1. The van der Waals surface area contributed by atoms with Crippen LogP contribution in [-0.2, 0) is 22.4 Å². The van der Waals surface area contributed by atoms with Crippen molar-refractivity contribution in [2.75, 3.05) is 13.2 Å². The van der Waals surface area contributed by atoms with E-state index in [9.17, 15) is 9.59 Å². The van der Waals surface area contributed by atoms with Crippen molar-refractivity contribution in [1.82, 2.24) is 9.55 Å². The molecule has 4 aromatic rings. The van der Waals surface area contributed by atoms with Gasteiger partial charge < -0.3 is 9.47 Å². The summed E-state index contributed by atoms with van der Waals surface area (Å²) in [7, 11) is 0. The molecule has 176 valence electrons. The van der Waals surface area contributed by atoms with Gasteiger partial charge in [-0.1, -0.05) is 64.5 Å². The van der Waals surface area contributed by atoms with Gasteiger partial charge in [0.05, 0.1) is 17.5 Å². The minimum atomic E-state index is -0.662. The molecule has 0 radical (unpaired) electrons. The summed E-state index contributed by atoms with van der Waals surface area (Å²) < 4.78 is 13.7. The maximum Gasteiger partial charge on any atom is 0.508 e. The number of halogens is 1. The first-order valence-corrected chi connectivity index (χ1v) is 12.5. The van der Waals surface area contributed by atoms with E-state index in [-0.39, 0.29) is 30.6 Å². The first kappa shape index (κ1) is 22.0. The highest BCUT2D eigenvalue weighted by Gasteiger charge is 2.29. The van der Waals surface area contributed by atoms with Crippen molar-refractivity contribution in [3.63, 3.8) is 0 Å². The zero-order valence-corrected chi connectivity index (χ0v) is 20.5. The summed E-state index contributed by atoms with van der Waals surface area (Å²) in [5.41, 5.74) is 5.37. The molecule has 0 saturated carbocycles. The first-order valence-electron chi connectivity index (χ1n) is 11.8. The van der Waals surface area contributed by atoms with Crippen molar-refractivity contribution in [2.24, 2.45) is 5.92 Å². The van der Waals surface area contributed by atoms with Gasteiger partial charge in [-0.05, 0) is 46.9 Å². The lowest BCUT2D eigenvalue weighted by Gasteiger charge is -2.25. The fourth-order valence-corrected chi connectivity index (χ4v) is 5.61. The predicted octanol–water partition coefficient (Wildman–Crippen LogP) is 5.69. The monoisotopic (exact) mass is 530 g/mol. The fourth-order valence-electron chi connectivity index (χ4n) is 5.26. The Hall–Kier alpha value is -3.45. The topological polar surface area (TPSA) is 70.4 Å². The normalized spacial score (nSPS) is 16.4. The molecule has 0 saturated heterocycles. The Bertz CT molecular complexity index is 1470. The van der Waals surface area contributed by atoms with Crippen LogP contribution in [0, 0.1) is 5.92 Å². The second-order valence-corrected chi connectivity index (χ2v) is 10.0. The molecular weight excluding hydrogens is 508 g/mol. The van der Waals surface area contributed by atoms with E-state index in [2.05, 4.69) is 40.2 Å². The summed E-state index contributed by atoms with van der Waals surface area (Å²) in [6, 6.07) is 22.0. The largest absolute Gasteiger partial charge is 0.508 e. The van der Waals surface area contributed by atoms with Crippen LogP contribution in [0.5, 0.6) is 0 Å². The third-order valence-corrected chi connectivity index (χ3v) is 7.49. The molecule has 7 heteroatoms. The summed E-state index contributed by atoms with van der Waals surface area (Å²) in [4.78, 5) is 30.0. The van der Waals surface area contributed by atoms with E-state index in [0.29, 0.717) is 23.9 Å². The lowest BCUT2D eigenvalue weighted by atomic mass is 9.98. The van der Waals surface area contributed by atoms with Gasteiger partial charge in [0.15, 0.2) is 0 Å². The molecular formula is C28H23BrN2O4. The number of nitrogens with zero attached hydrogens (tertiary/aromatic N) is 2. The minimum Gasteiger partial charge on any atom is -0.434 e. The minimum absolute atomic E-state index is 0.000174. The van der Waals surface area contributed by atoms with Crippen LogP contribution >= 0.6 is 15.9 Å². The summed E-state index contributed by atoms with van der Waals surface area (Å²) in [5, 5.41) is 0.616. The summed E-state index contributed by atoms with van der Waals surface area (Å²) in [6.07, 6.45) is 0.659. The van der Waals surface area contributed by atoms with E-state index in [1.165, 1.54) is 22.3 Å². The van der Waals surface area contributed by atoms with Crippen molar-refractivity contribution in [2.45, 2.75) is 25.3 Å². The highest BCUT2D eigenvalue weighted by atomic mass is 79.9. The van der Waals surface area contributed by atoms with E-state index in [0.717, 1.165) is 16.7 Å². The van der Waals surface area contributed by atoms with Crippen LogP contribution in [0.15, 0.2) is 76.0 Å². The highest BCUT2D eigenvalue weighted by molar-refractivity contribution is 9.10. The fraction of sp³-hybridized carbons (Fsp3) is 0.250. The lowest BCUT2D eigenvalue weighted by Crippen LogP contribution is -2.33. The Morgan fingerprint density at radius 3 is 2.40 bits per heavy atom. The van der Waals surface area contributed by atoms with Crippen LogP contribution < -0.4 is 5.56 Å². The van der Waals surface area contributed by atoms with Crippen molar-refractivity contribution < 1.29 is 14.3 Å². The number of fused-ring (bicyclic) bond motifs is 5. The molecule has 0 amide bonds. The zero-order valence-electron chi connectivity index (χ0n) is 18.9. The van der Waals surface area contributed by atoms with Crippen LogP contribution in [0.4, 0.5) is 4.79 Å². The van der Waals surface area contributed by atoms with Gasteiger partial charge in [-0.25, -0.2) is 9.78 Å². The molecule has 1 aliphatic heterocycles. The maximum atomic E-state index is 12.8. The molecule has 3 aromatic carbocycles. The van der Waals surface area contributed by atoms with E-state index in [4.69, 9.17) is 14.5 Å². The summed E-state index contributed by atoms with van der Waals surface area (Å²) in [6.45, 7) is 1.03. The Morgan fingerprint density at radius 2 is 1.66 bits per heavy atom. The molecule has 0 bridgehead atoms. The zero-order chi connectivity index (χ0) is 23.9. The third-order valence-electron chi connectivity index (χ3n) is 7.00. The van der Waals surface area contributed by atoms with E-state index in [1.807, 2.05) is 36.4 Å². The standard InChI is InChI=1S/C28H23BrN2O4/c29-18-9-10-23-25(14-18)30-26-13-17(11-12-31(26)27(23)32)15-34-28(33)35-16-24-21-7-3-1-5-19(21)20-6-2-4-8-22(20)24/h1-10,14,17,24H,11-13,15-16H2. The maximum absolute atomic E-state index is 12.8. The molecule has 2 aliphatic rings. The second-order valence-electron chi connectivity index (χ2n) is 9.10. The van der Waals surface area contributed by atoms with Crippen molar-refractivity contribution >= 4 is 33.0 Å². The Labute approximate surface area is 210 Å². The molecule has 35 heavy (non-hydrogen) atoms. The smallest absolute Gasteiger partial charge is 0.434 e. The van der Waals surface area contributed by atoms with Gasteiger partial charge in [-0.2, -0.15) is 0 Å². The van der Waals surface area contributed by atoms with Crippen LogP contribution in [0.3, 0.4) is 0 Å². The Morgan fingerprint density at radius 1 is 0.971 bits per heavy atom. The number of ether oxygens (including phenoxy) is 2. The molecule has 1 aliphatic carbocycles. The molecule has 2 heterocycles. The molecule has 6 rings (SSSR count). The van der Waals surface area contributed by atoms with Crippen LogP contribution in [0.2, 0.25) is 0 Å². The lowest BCUT2D eigenvalue weighted by molar-refractivity contribution is 0.0393. The molecule has 1 atom stereocenters. The number of aromatic nitrogens is 2. The molecule has 0 N–H and O–H groups in total. The number of benzene rings is 3. The van der Waals surface area contributed by atoms with Gasteiger partial charge in [0, 0.05) is 29.3 Å². The first-order chi connectivity index (χ1) is 17.1. The van der Waals surface area contributed by atoms with Gasteiger partial charge in [0.2, 0.25) is 0 Å². The van der Waals surface area contributed by atoms with Crippen molar-refractivity contribution in [3.05, 3.63) is 98.5 Å². The average molecular weight is 531 g/mol. The van der Waals surface area contributed by atoms with E-state index >= 15 is 0 Å². The van der Waals surface area contributed by atoms with Crippen molar-refractivity contribution in [3.8, 4) is 11.1 Å². The summed E-state index contributed by atoms with van der Waals surface area (Å²) >= 11 is 3.44. The van der Waals surface area contributed by atoms with Gasteiger partial charge in [0.1, 0.15) is 12.4 Å². The Balaban J connectivity index is 1.10. The molecule has 0 fully saturated rings. The number of hydrogen-bond acceptors (Lipinski definition) is 5. The predicted molar refractivity (Wildman–Crippen MR) is 137 cm³/mol. The molecule has 0 spiro atoms. The highest BCUT2D eigenvalue weighted by Crippen LogP contribution is 2.44. The molecule has 6 nitrogen and oxygen atoms in total. The third kappa shape index (κ3) is 4.04. The van der Waals surface area contributed by atoms with Gasteiger partial charge in [0.25, 0.3) is 5.56 Å². The second kappa shape index (κ2) is 8.96. The van der Waals surface area contributed by atoms with Crippen LogP contribution in [0.1, 0.15) is 29.3 Å².